The van der Waals surface area contributed by atoms with Gasteiger partial charge >= 0.3 is 0 Å². The van der Waals surface area contributed by atoms with Crippen LogP contribution in [0.2, 0.25) is 10.0 Å². The molecule has 3 nitrogen and oxygen atoms in total. The zero-order valence-corrected chi connectivity index (χ0v) is 19.3. The molecule has 0 saturated heterocycles. The molecule has 0 atom stereocenters. The van der Waals surface area contributed by atoms with Crippen molar-refractivity contribution in [1.82, 2.24) is 9.97 Å². The van der Waals surface area contributed by atoms with Gasteiger partial charge in [-0.2, -0.15) is 0 Å². The van der Waals surface area contributed by atoms with E-state index in [1.165, 1.54) is 5.56 Å². The summed E-state index contributed by atoms with van der Waals surface area (Å²) >= 11 is 12.6. The van der Waals surface area contributed by atoms with Crippen molar-refractivity contribution in [2.24, 2.45) is 0 Å². The highest BCUT2D eigenvalue weighted by atomic mass is 35.5. The number of hydrogen-bond acceptors (Lipinski definition) is 2. The molecule has 3 aromatic carbocycles. The van der Waals surface area contributed by atoms with Crippen LogP contribution < -0.4 is 4.74 Å². The third-order valence-electron chi connectivity index (χ3n) is 4.89. The topological polar surface area (TPSA) is 37.9 Å². The van der Waals surface area contributed by atoms with Crippen LogP contribution in [0, 0.1) is 0 Å². The van der Waals surface area contributed by atoms with Crippen LogP contribution >= 0.6 is 35.6 Å². The van der Waals surface area contributed by atoms with Gasteiger partial charge in [-0.3, -0.25) is 0 Å². The molecule has 4 aromatic rings. The van der Waals surface area contributed by atoms with Crippen molar-refractivity contribution in [2.45, 2.75) is 32.8 Å². The van der Waals surface area contributed by atoms with E-state index in [-0.39, 0.29) is 17.8 Å². The molecule has 0 fully saturated rings. The van der Waals surface area contributed by atoms with Gasteiger partial charge in [-0.1, -0.05) is 68.2 Å². The summed E-state index contributed by atoms with van der Waals surface area (Å²) < 4.78 is 5.95. The molecule has 1 heterocycles. The molecule has 6 heteroatoms. The Bertz CT molecular complexity index is 1180. The van der Waals surface area contributed by atoms with Gasteiger partial charge in [0.1, 0.15) is 18.2 Å². The summed E-state index contributed by atoms with van der Waals surface area (Å²) in [6, 6.07) is 19.6. The van der Waals surface area contributed by atoms with Gasteiger partial charge in [0.15, 0.2) is 0 Å². The number of hydrogen-bond donors (Lipinski definition) is 1. The van der Waals surface area contributed by atoms with E-state index in [1.54, 1.807) is 0 Å². The van der Waals surface area contributed by atoms with Crippen LogP contribution in [-0.2, 0) is 12.0 Å². The van der Waals surface area contributed by atoms with Crippen molar-refractivity contribution in [1.29, 1.82) is 0 Å². The van der Waals surface area contributed by atoms with E-state index in [0.29, 0.717) is 22.4 Å². The fraction of sp³-hybridized carbons (Fsp3) is 0.208. The Labute approximate surface area is 192 Å². The predicted molar refractivity (Wildman–Crippen MR) is 128 cm³/mol. The van der Waals surface area contributed by atoms with E-state index in [1.807, 2.05) is 42.5 Å². The maximum Gasteiger partial charge on any atom is 0.139 e. The van der Waals surface area contributed by atoms with Gasteiger partial charge in [-0.05, 0) is 47.4 Å². The molecule has 0 aliphatic rings. The first-order valence-corrected chi connectivity index (χ1v) is 10.2. The molecule has 4 rings (SSSR count). The zero-order valence-electron chi connectivity index (χ0n) is 17.0. The number of H-pyrrole nitrogens is 1. The summed E-state index contributed by atoms with van der Waals surface area (Å²) in [4.78, 5) is 8.16. The van der Waals surface area contributed by atoms with E-state index in [9.17, 15) is 0 Å². The zero-order chi connectivity index (χ0) is 20.6. The van der Waals surface area contributed by atoms with E-state index < -0.39 is 0 Å². The second-order valence-corrected chi connectivity index (χ2v) is 8.91. The van der Waals surface area contributed by atoms with Crippen molar-refractivity contribution in [3.63, 3.8) is 0 Å². The number of halogens is 3. The van der Waals surface area contributed by atoms with Gasteiger partial charge in [-0.25, -0.2) is 4.98 Å². The normalized spacial score (nSPS) is 11.4. The molecule has 0 aliphatic carbocycles. The van der Waals surface area contributed by atoms with Crippen LogP contribution in [0.4, 0.5) is 0 Å². The Morgan fingerprint density at radius 1 is 0.933 bits per heavy atom. The number of nitrogens with one attached hydrogen (secondary N) is 1. The highest BCUT2D eigenvalue weighted by Crippen LogP contribution is 2.32. The molecular formula is C24H23Cl3N2O. The largest absolute Gasteiger partial charge is 0.487 e. The van der Waals surface area contributed by atoms with E-state index in [2.05, 4.69) is 44.0 Å². The lowest BCUT2D eigenvalue weighted by atomic mass is 9.87. The number of imidazole rings is 1. The van der Waals surface area contributed by atoms with Gasteiger partial charge in [0, 0.05) is 16.1 Å². The maximum absolute atomic E-state index is 6.35. The summed E-state index contributed by atoms with van der Waals surface area (Å²) in [5, 5.41) is 1.22. The standard InChI is InChI=1S/C24H22Cl2N2O.ClH/c1-24(2,3)17-9-11-20-21(13-17)28-23(27-20)15-8-10-19(26)22(12-15)29-14-16-6-4-5-7-18(16)25;/h4-13H,14H2,1-3H3,(H,27,28);1H. The molecule has 156 valence electrons. The molecule has 0 spiro atoms. The summed E-state index contributed by atoms with van der Waals surface area (Å²) in [5.74, 6) is 1.38. The second kappa shape index (κ2) is 8.89. The van der Waals surface area contributed by atoms with Crippen LogP contribution in [0.25, 0.3) is 22.4 Å². The monoisotopic (exact) mass is 460 g/mol. The van der Waals surface area contributed by atoms with Gasteiger partial charge in [0.25, 0.3) is 0 Å². The number of fused-ring (bicyclic) bond motifs is 1. The molecule has 0 unspecified atom stereocenters. The first-order chi connectivity index (χ1) is 13.8. The minimum atomic E-state index is 0. The van der Waals surface area contributed by atoms with Crippen LogP contribution in [0.3, 0.4) is 0 Å². The molecule has 0 bridgehead atoms. The molecule has 0 saturated carbocycles. The Morgan fingerprint density at radius 3 is 2.43 bits per heavy atom. The third-order valence-corrected chi connectivity index (χ3v) is 5.57. The summed E-state index contributed by atoms with van der Waals surface area (Å²) in [6.07, 6.45) is 0. The van der Waals surface area contributed by atoms with Gasteiger partial charge in [0.05, 0.1) is 16.1 Å². The van der Waals surface area contributed by atoms with Gasteiger partial charge in [0.2, 0.25) is 0 Å². The lowest BCUT2D eigenvalue weighted by Crippen LogP contribution is -2.10. The van der Waals surface area contributed by atoms with Gasteiger partial charge in [-0.15, -0.1) is 12.4 Å². The van der Waals surface area contributed by atoms with Crippen molar-refractivity contribution in [2.75, 3.05) is 0 Å². The molecule has 1 aromatic heterocycles. The molecule has 30 heavy (non-hydrogen) atoms. The predicted octanol–water partition coefficient (Wildman–Crippen LogP) is 7.84. The first-order valence-electron chi connectivity index (χ1n) is 9.47. The summed E-state index contributed by atoms with van der Waals surface area (Å²) in [7, 11) is 0. The Hall–Kier alpha value is -2.20. The van der Waals surface area contributed by atoms with E-state index in [0.717, 1.165) is 28.0 Å². The third kappa shape index (κ3) is 4.75. The minimum Gasteiger partial charge on any atom is -0.487 e. The Kier molecular flexibility index (Phi) is 6.66. The molecule has 0 amide bonds. The Morgan fingerprint density at radius 2 is 1.70 bits per heavy atom. The lowest BCUT2D eigenvalue weighted by Gasteiger charge is -2.18. The smallest absolute Gasteiger partial charge is 0.139 e. The quantitative estimate of drug-likeness (QED) is 0.336. The highest BCUT2D eigenvalue weighted by molar-refractivity contribution is 6.32. The number of nitrogens with zero attached hydrogens (tertiary/aromatic N) is 1. The first kappa shape index (κ1) is 22.5. The van der Waals surface area contributed by atoms with Crippen LogP contribution in [0.15, 0.2) is 60.7 Å². The fourth-order valence-corrected chi connectivity index (χ4v) is 3.51. The minimum absolute atomic E-state index is 0. The second-order valence-electron chi connectivity index (χ2n) is 8.09. The highest BCUT2D eigenvalue weighted by Gasteiger charge is 2.16. The van der Waals surface area contributed by atoms with Crippen molar-refractivity contribution < 1.29 is 4.74 Å². The number of ether oxygens (including phenoxy) is 1. The van der Waals surface area contributed by atoms with Crippen LogP contribution in [0.5, 0.6) is 5.75 Å². The number of aromatic amines is 1. The van der Waals surface area contributed by atoms with E-state index >= 15 is 0 Å². The summed E-state index contributed by atoms with van der Waals surface area (Å²) in [6.45, 7) is 6.95. The SMILES string of the molecule is CC(C)(C)c1ccc2nc(-c3ccc(Cl)c(OCc4ccccc4Cl)c3)[nH]c2c1.Cl. The molecular weight excluding hydrogens is 439 g/mol. The molecule has 0 radical (unpaired) electrons. The summed E-state index contributed by atoms with van der Waals surface area (Å²) in [5.41, 5.74) is 5.12. The number of benzene rings is 3. The molecule has 0 aliphatic heterocycles. The molecule has 1 N–H and O–H groups in total. The van der Waals surface area contributed by atoms with Gasteiger partial charge < -0.3 is 9.72 Å². The van der Waals surface area contributed by atoms with Crippen molar-refractivity contribution in [3.05, 3.63) is 81.8 Å². The van der Waals surface area contributed by atoms with Crippen LogP contribution in [0.1, 0.15) is 31.9 Å². The maximum atomic E-state index is 6.35. The fourth-order valence-electron chi connectivity index (χ4n) is 3.15. The number of rotatable bonds is 4. The lowest BCUT2D eigenvalue weighted by molar-refractivity contribution is 0.306. The average molecular weight is 462 g/mol. The van der Waals surface area contributed by atoms with Crippen LogP contribution in [-0.4, -0.2) is 9.97 Å². The average Bonchev–Trinajstić information content (AvgIpc) is 3.11. The van der Waals surface area contributed by atoms with E-state index in [4.69, 9.17) is 32.9 Å². The van der Waals surface area contributed by atoms with Crippen molar-refractivity contribution in [3.8, 4) is 17.1 Å². The Balaban J connectivity index is 0.00000256. The number of aromatic nitrogens is 2. The van der Waals surface area contributed by atoms with Crippen molar-refractivity contribution >= 4 is 46.6 Å².